The zero-order valence-corrected chi connectivity index (χ0v) is 10.4. The summed E-state index contributed by atoms with van der Waals surface area (Å²) in [5.41, 5.74) is 4.00. The van der Waals surface area contributed by atoms with Crippen LogP contribution in [0.15, 0.2) is 18.2 Å². The van der Waals surface area contributed by atoms with E-state index in [-0.39, 0.29) is 6.61 Å². The van der Waals surface area contributed by atoms with E-state index in [0.717, 1.165) is 18.0 Å². The highest BCUT2D eigenvalue weighted by atomic mass is 16.3. The Morgan fingerprint density at radius 3 is 2.53 bits per heavy atom. The van der Waals surface area contributed by atoms with Crippen molar-refractivity contribution < 1.29 is 5.11 Å². The molecule has 2 aliphatic rings. The largest absolute Gasteiger partial charge is 0.392 e. The van der Waals surface area contributed by atoms with Gasteiger partial charge in [0.2, 0.25) is 0 Å². The third-order valence-corrected chi connectivity index (χ3v) is 4.38. The standard InChI is InChI=1S/C15H21NO/c17-11-12-4-5-13-6-8-16(15-2-1-3-15)9-7-14(13)10-12/h4-5,10,15,17H,1-3,6-9,11H2. The summed E-state index contributed by atoms with van der Waals surface area (Å²) in [6.07, 6.45) is 6.55. The topological polar surface area (TPSA) is 23.5 Å². The molecule has 1 heterocycles. The zero-order chi connectivity index (χ0) is 11.7. The van der Waals surface area contributed by atoms with Crippen molar-refractivity contribution in [2.75, 3.05) is 13.1 Å². The highest BCUT2D eigenvalue weighted by molar-refractivity contribution is 5.33. The first-order valence-corrected chi connectivity index (χ1v) is 6.82. The quantitative estimate of drug-likeness (QED) is 0.843. The van der Waals surface area contributed by atoms with Gasteiger partial charge in [-0.25, -0.2) is 0 Å². The maximum Gasteiger partial charge on any atom is 0.0681 e. The van der Waals surface area contributed by atoms with Crippen molar-refractivity contribution in [3.8, 4) is 0 Å². The van der Waals surface area contributed by atoms with E-state index in [1.165, 1.54) is 49.9 Å². The van der Waals surface area contributed by atoms with Gasteiger partial charge in [-0.05, 0) is 42.4 Å². The van der Waals surface area contributed by atoms with Gasteiger partial charge in [-0.2, -0.15) is 0 Å². The third kappa shape index (κ3) is 2.24. The number of aliphatic hydroxyl groups excluding tert-OH is 1. The van der Waals surface area contributed by atoms with E-state index in [9.17, 15) is 5.11 Å². The molecule has 92 valence electrons. The van der Waals surface area contributed by atoms with Crippen molar-refractivity contribution in [2.45, 2.75) is 44.8 Å². The minimum atomic E-state index is 0.166. The zero-order valence-electron chi connectivity index (χ0n) is 10.4. The monoisotopic (exact) mass is 231 g/mol. The van der Waals surface area contributed by atoms with Crippen LogP contribution in [0, 0.1) is 0 Å². The molecule has 3 rings (SSSR count). The van der Waals surface area contributed by atoms with Gasteiger partial charge in [-0.3, -0.25) is 4.90 Å². The van der Waals surface area contributed by atoms with Crippen LogP contribution in [-0.2, 0) is 19.4 Å². The SMILES string of the molecule is OCc1ccc2c(c1)CCN(C1CCC1)CC2. The summed E-state index contributed by atoms with van der Waals surface area (Å²) >= 11 is 0. The minimum absolute atomic E-state index is 0.166. The highest BCUT2D eigenvalue weighted by Gasteiger charge is 2.26. The second-order valence-corrected chi connectivity index (χ2v) is 5.38. The van der Waals surface area contributed by atoms with Gasteiger partial charge in [-0.15, -0.1) is 0 Å². The Bertz CT molecular complexity index is 398. The lowest BCUT2D eigenvalue weighted by Crippen LogP contribution is -2.41. The average Bonchev–Trinajstić information content (AvgIpc) is 2.49. The van der Waals surface area contributed by atoms with Crippen LogP contribution in [0.4, 0.5) is 0 Å². The van der Waals surface area contributed by atoms with Crippen molar-refractivity contribution in [1.29, 1.82) is 0 Å². The lowest BCUT2D eigenvalue weighted by molar-refractivity contribution is 0.133. The molecular formula is C15H21NO. The summed E-state index contributed by atoms with van der Waals surface area (Å²) in [4.78, 5) is 2.67. The highest BCUT2D eigenvalue weighted by Crippen LogP contribution is 2.27. The molecule has 0 unspecified atom stereocenters. The second-order valence-electron chi connectivity index (χ2n) is 5.38. The van der Waals surface area contributed by atoms with Crippen molar-refractivity contribution in [3.05, 3.63) is 34.9 Å². The maximum atomic E-state index is 9.19. The molecule has 1 fully saturated rings. The predicted molar refractivity (Wildman–Crippen MR) is 69.0 cm³/mol. The lowest BCUT2D eigenvalue weighted by Gasteiger charge is -2.36. The molecule has 0 aromatic heterocycles. The van der Waals surface area contributed by atoms with Crippen LogP contribution in [0.2, 0.25) is 0 Å². The smallest absolute Gasteiger partial charge is 0.0681 e. The number of rotatable bonds is 2. The molecular weight excluding hydrogens is 210 g/mol. The average molecular weight is 231 g/mol. The molecule has 0 bridgehead atoms. The Morgan fingerprint density at radius 2 is 1.88 bits per heavy atom. The van der Waals surface area contributed by atoms with Crippen molar-refractivity contribution in [3.63, 3.8) is 0 Å². The van der Waals surface area contributed by atoms with E-state index >= 15 is 0 Å². The summed E-state index contributed by atoms with van der Waals surface area (Å²) in [5.74, 6) is 0. The number of aliphatic hydroxyl groups is 1. The molecule has 0 spiro atoms. The fourth-order valence-electron chi connectivity index (χ4n) is 3.01. The van der Waals surface area contributed by atoms with E-state index in [1.807, 2.05) is 0 Å². The van der Waals surface area contributed by atoms with Gasteiger partial charge >= 0.3 is 0 Å². The van der Waals surface area contributed by atoms with Crippen LogP contribution < -0.4 is 0 Å². The number of benzene rings is 1. The molecule has 1 saturated carbocycles. The van der Waals surface area contributed by atoms with Gasteiger partial charge in [0.15, 0.2) is 0 Å². The van der Waals surface area contributed by atoms with Gasteiger partial charge in [0.25, 0.3) is 0 Å². The Hall–Kier alpha value is -0.860. The summed E-state index contributed by atoms with van der Waals surface area (Å²) < 4.78 is 0. The van der Waals surface area contributed by atoms with Crippen molar-refractivity contribution >= 4 is 0 Å². The minimum Gasteiger partial charge on any atom is -0.392 e. The van der Waals surface area contributed by atoms with E-state index in [2.05, 4.69) is 23.1 Å². The van der Waals surface area contributed by atoms with Gasteiger partial charge in [0, 0.05) is 19.1 Å². The van der Waals surface area contributed by atoms with Crippen LogP contribution in [0.5, 0.6) is 0 Å². The first kappa shape index (κ1) is 11.2. The normalized spacial score (nSPS) is 21.7. The molecule has 0 saturated heterocycles. The van der Waals surface area contributed by atoms with Crippen LogP contribution in [-0.4, -0.2) is 29.1 Å². The first-order valence-electron chi connectivity index (χ1n) is 6.82. The van der Waals surface area contributed by atoms with E-state index in [4.69, 9.17) is 0 Å². The van der Waals surface area contributed by atoms with Gasteiger partial charge < -0.3 is 5.11 Å². The maximum absolute atomic E-state index is 9.19. The fourth-order valence-corrected chi connectivity index (χ4v) is 3.01. The second kappa shape index (κ2) is 4.79. The molecule has 1 aliphatic carbocycles. The van der Waals surface area contributed by atoms with Gasteiger partial charge in [0.1, 0.15) is 0 Å². The molecule has 2 heteroatoms. The molecule has 1 aromatic carbocycles. The van der Waals surface area contributed by atoms with Crippen LogP contribution in [0.25, 0.3) is 0 Å². The summed E-state index contributed by atoms with van der Waals surface area (Å²) in [5, 5.41) is 9.19. The predicted octanol–water partition coefficient (Wildman–Crippen LogP) is 2.13. The van der Waals surface area contributed by atoms with Crippen LogP contribution in [0.1, 0.15) is 36.0 Å². The fraction of sp³-hybridized carbons (Fsp3) is 0.600. The third-order valence-electron chi connectivity index (χ3n) is 4.38. The number of hydrogen-bond acceptors (Lipinski definition) is 2. The van der Waals surface area contributed by atoms with E-state index in [1.54, 1.807) is 0 Å². The number of fused-ring (bicyclic) bond motifs is 1. The Labute approximate surface area is 103 Å². The van der Waals surface area contributed by atoms with Gasteiger partial charge in [-0.1, -0.05) is 24.6 Å². The molecule has 1 aromatic rings. The molecule has 0 radical (unpaired) electrons. The van der Waals surface area contributed by atoms with E-state index in [0.29, 0.717) is 0 Å². The molecule has 0 amide bonds. The summed E-state index contributed by atoms with van der Waals surface area (Å²) in [7, 11) is 0. The van der Waals surface area contributed by atoms with Crippen molar-refractivity contribution in [1.82, 2.24) is 4.90 Å². The Morgan fingerprint density at radius 1 is 1.12 bits per heavy atom. The molecule has 1 N–H and O–H groups in total. The Balaban J connectivity index is 1.75. The van der Waals surface area contributed by atoms with Crippen molar-refractivity contribution in [2.24, 2.45) is 0 Å². The number of hydrogen-bond donors (Lipinski definition) is 1. The van der Waals surface area contributed by atoms with Crippen LogP contribution >= 0.6 is 0 Å². The van der Waals surface area contributed by atoms with Gasteiger partial charge in [0.05, 0.1) is 6.61 Å². The summed E-state index contributed by atoms with van der Waals surface area (Å²) in [6.45, 7) is 2.59. The summed E-state index contributed by atoms with van der Waals surface area (Å²) in [6, 6.07) is 7.34. The Kier molecular flexibility index (Phi) is 3.17. The molecule has 17 heavy (non-hydrogen) atoms. The van der Waals surface area contributed by atoms with E-state index < -0.39 is 0 Å². The van der Waals surface area contributed by atoms with Crippen LogP contribution in [0.3, 0.4) is 0 Å². The molecule has 0 atom stereocenters. The first-order chi connectivity index (χ1) is 8.36. The number of nitrogens with zero attached hydrogens (tertiary/aromatic N) is 1. The lowest BCUT2D eigenvalue weighted by atomic mass is 9.91. The molecule has 1 aliphatic heterocycles. The molecule has 2 nitrogen and oxygen atoms in total.